The van der Waals surface area contributed by atoms with Crippen molar-refractivity contribution in [1.29, 1.82) is 5.26 Å². The van der Waals surface area contributed by atoms with Crippen molar-refractivity contribution in [2.24, 2.45) is 5.73 Å². The number of nitrogens with two attached hydrogens (primary N) is 1. The van der Waals surface area contributed by atoms with E-state index in [1.807, 2.05) is 49.4 Å². The molecule has 7 heteroatoms. The number of rotatable bonds is 4. The smallest absolute Gasteiger partial charge is 0.379 e. The van der Waals surface area contributed by atoms with Crippen LogP contribution in [0.3, 0.4) is 0 Å². The second kappa shape index (κ2) is 8.34. The molecule has 1 aliphatic rings. The summed E-state index contributed by atoms with van der Waals surface area (Å²) < 4.78 is 22.3. The number of benzene rings is 3. The maximum Gasteiger partial charge on any atom is 0.379 e. The van der Waals surface area contributed by atoms with Gasteiger partial charge in [-0.25, -0.2) is 4.79 Å². The first-order valence-electron chi connectivity index (χ1n) is 10.6. The Balaban J connectivity index is 1.48. The third-order valence-corrected chi connectivity index (χ3v) is 5.88. The van der Waals surface area contributed by atoms with Crippen molar-refractivity contribution in [3.05, 3.63) is 101 Å². The number of carbonyl (C=O) groups is 1. The van der Waals surface area contributed by atoms with Gasteiger partial charge in [0.15, 0.2) is 0 Å². The normalized spacial score (nSPS) is 14.8. The Morgan fingerprint density at radius 3 is 2.50 bits per heavy atom. The summed E-state index contributed by atoms with van der Waals surface area (Å²) in [7, 11) is 1.59. The monoisotopic (exact) mass is 452 g/mol. The topological polar surface area (TPSA) is 108 Å². The second-order valence-corrected chi connectivity index (χ2v) is 7.84. The first kappa shape index (κ1) is 21.2. The molecule has 0 saturated carbocycles. The van der Waals surface area contributed by atoms with Gasteiger partial charge in [-0.1, -0.05) is 36.4 Å². The number of hydrogen-bond acceptors (Lipinski definition) is 7. The van der Waals surface area contributed by atoms with Crippen molar-refractivity contribution in [3.63, 3.8) is 0 Å². The zero-order valence-electron chi connectivity index (χ0n) is 18.5. The largest absolute Gasteiger partial charge is 0.497 e. The number of carbonyl (C=O) groups excluding carboxylic acids is 1. The fraction of sp³-hybridized carbons (Fsp3) is 0.111. The van der Waals surface area contributed by atoms with Crippen LogP contribution in [0.5, 0.6) is 17.2 Å². The average molecular weight is 452 g/mol. The summed E-state index contributed by atoms with van der Waals surface area (Å²) in [6.45, 7) is 1.81. The Morgan fingerprint density at radius 2 is 1.79 bits per heavy atom. The van der Waals surface area contributed by atoms with Gasteiger partial charge in [0.2, 0.25) is 11.6 Å². The lowest BCUT2D eigenvalue weighted by Gasteiger charge is -2.26. The number of methoxy groups -OCH3 is 1. The second-order valence-electron chi connectivity index (χ2n) is 7.84. The fourth-order valence-electron chi connectivity index (χ4n) is 4.16. The Bertz CT molecular complexity index is 1490. The molecule has 7 nitrogen and oxygen atoms in total. The number of allylic oxidation sites excluding steroid dienone is 1. The predicted octanol–water partition coefficient (Wildman–Crippen LogP) is 5.19. The highest BCUT2D eigenvalue weighted by atomic mass is 16.5. The molecule has 5 rings (SSSR count). The van der Waals surface area contributed by atoms with Gasteiger partial charge < -0.3 is 24.4 Å². The number of hydrogen-bond donors (Lipinski definition) is 1. The van der Waals surface area contributed by atoms with Gasteiger partial charge in [0.25, 0.3) is 0 Å². The fourth-order valence-corrected chi connectivity index (χ4v) is 4.16. The molecule has 168 valence electrons. The van der Waals surface area contributed by atoms with E-state index >= 15 is 0 Å². The summed E-state index contributed by atoms with van der Waals surface area (Å²) in [5.41, 5.74) is 9.30. The van der Waals surface area contributed by atoms with Crippen LogP contribution >= 0.6 is 0 Å². The van der Waals surface area contributed by atoms with Crippen molar-refractivity contribution in [2.45, 2.75) is 12.8 Å². The molecule has 0 aliphatic carbocycles. The summed E-state index contributed by atoms with van der Waals surface area (Å²) in [4.78, 5) is 12.8. The molecule has 34 heavy (non-hydrogen) atoms. The van der Waals surface area contributed by atoms with E-state index in [1.165, 1.54) is 0 Å². The standard InChI is InChI=1S/C27H20N2O5/c1-15-19-5-3-4-6-22(19)33-25(15)27(30)32-18-11-12-20-23(13-18)34-26(29)21(14-28)24(20)16-7-9-17(31-2)10-8-16/h3-13,24H,29H2,1-2H3. The first-order chi connectivity index (χ1) is 16.5. The van der Waals surface area contributed by atoms with E-state index in [9.17, 15) is 10.1 Å². The number of ether oxygens (including phenoxy) is 3. The average Bonchev–Trinajstić information content (AvgIpc) is 3.20. The molecule has 2 heterocycles. The number of nitriles is 1. The molecule has 0 saturated heterocycles. The maximum atomic E-state index is 12.8. The van der Waals surface area contributed by atoms with Crippen LogP contribution in [0.25, 0.3) is 11.0 Å². The number of aryl methyl sites for hydroxylation is 1. The van der Waals surface area contributed by atoms with Crippen LogP contribution < -0.4 is 19.9 Å². The lowest BCUT2D eigenvalue weighted by atomic mass is 9.83. The number of nitrogens with zero attached hydrogens (tertiary/aromatic N) is 1. The van der Waals surface area contributed by atoms with E-state index < -0.39 is 11.9 Å². The zero-order valence-corrected chi connectivity index (χ0v) is 18.5. The van der Waals surface area contributed by atoms with Crippen LogP contribution in [0.2, 0.25) is 0 Å². The molecule has 1 aromatic heterocycles. The highest BCUT2D eigenvalue weighted by Crippen LogP contribution is 2.43. The lowest BCUT2D eigenvalue weighted by Crippen LogP contribution is -2.21. The van der Waals surface area contributed by atoms with Crippen molar-refractivity contribution < 1.29 is 23.4 Å². The van der Waals surface area contributed by atoms with Gasteiger partial charge in [-0.05, 0) is 36.8 Å². The van der Waals surface area contributed by atoms with Gasteiger partial charge in [-0.15, -0.1) is 0 Å². The lowest BCUT2D eigenvalue weighted by molar-refractivity contribution is 0.0702. The van der Waals surface area contributed by atoms with E-state index in [0.29, 0.717) is 28.2 Å². The Hall–Kier alpha value is -4.70. The van der Waals surface area contributed by atoms with Crippen LogP contribution in [-0.2, 0) is 0 Å². The molecule has 0 amide bonds. The van der Waals surface area contributed by atoms with Gasteiger partial charge in [0.1, 0.15) is 34.5 Å². The highest BCUT2D eigenvalue weighted by Gasteiger charge is 2.31. The molecule has 4 aromatic rings. The van der Waals surface area contributed by atoms with E-state index in [2.05, 4.69) is 6.07 Å². The summed E-state index contributed by atoms with van der Waals surface area (Å²) in [6.07, 6.45) is 0. The number of esters is 1. The van der Waals surface area contributed by atoms with E-state index in [1.54, 1.807) is 31.4 Å². The SMILES string of the molecule is COc1ccc(C2C(C#N)=C(N)Oc3cc(OC(=O)c4oc5ccccc5c4C)ccc32)cc1. The number of furan rings is 1. The third kappa shape index (κ3) is 3.51. The molecule has 0 fully saturated rings. The summed E-state index contributed by atoms with van der Waals surface area (Å²) in [5.74, 6) is 0.484. The zero-order chi connectivity index (χ0) is 23.8. The first-order valence-corrected chi connectivity index (χ1v) is 10.6. The van der Waals surface area contributed by atoms with Crippen molar-refractivity contribution in [3.8, 4) is 23.3 Å². The number of para-hydroxylation sites is 1. The molecule has 0 bridgehead atoms. The molecule has 0 spiro atoms. The van der Waals surface area contributed by atoms with Gasteiger partial charge >= 0.3 is 5.97 Å². The third-order valence-electron chi connectivity index (χ3n) is 5.88. The van der Waals surface area contributed by atoms with E-state index in [4.69, 9.17) is 24.4 Å². The molecule has 3 aromatic carbocycles. The van der Waals surface area contributed by atoms with Gasteiger partial charge in [-0.3, -0.25) is 0 Å². The number of fused-ring (bicyclic) bond motifs is 2. The highest BCUT2D eigenvalue weighted by molar-refractivity contribution is 5.96. The van der Waals surface area contributed by atoms with Gasteiger partial charge in [0.05, 0.1) is 13.0 Å². The van der Waals surface area contributed by atoms with Crippen LogP contribution in [0.4, 0.5) is 0 Å². The summed E-state index contributed by atoms with van der Waals surface area (Å²) in [6, 6.07) is 22.0. The van der Waals surface area contributed by atoms with Crippen molar-refractivity contribution in [2.75, 3.05) is 7.11 Å². The summed E-state index contributed by atoms with van der Waals surface area (Å²) in [5, 5.41) is 10.6. The van der Waals surface area contributed by atoms with Crippen LogP contribution in [-0.4, -0.2) is 13.1 Å². The van der Waals surface area contributed by atoms with Crippen LogP contribution in [0, 0.1) is 18.3 Å². The molecule has 1 atom stereocenters. The molecular formula is C27H20N2O5. The quantitative estimate of drug-likeness (QED) is 0.335. The minimum absolute atomic E-state index is 0.00687. The maximum absolute atomic E-state index is 12.8. The summed E-state index contributed by atoms with van der Waals surface area (Å²) >= 11 is 0. The van der Waals surface area contributed by atoms with E-state index in [0.717, 1.165) is 16.5 Å². The van der Waals surface area contributed by atoms with Crippen molar-refractivity contribution in [1.82, 2.24) is 0 Å². The predicted molar refractivity (Wildman–Crippen MR) is 125 cm³/mol. The van der Waals surface area contributed by atoms with E-state index in [-0.39, 0.29) is 17.4 Å². The molecule has 1 unspecified atom stereocenters. The van der Waals surface area contributed by atoms with Crippen LogP contribution in [0.15, 0.2) is 82.6 Å². The molecule has 0 radical (unpaired) electrons. The molecule has 2 N–H and O–H groups in total. The van der Waals surface area contributed by atoms with Gasteiger partial charge in [-0.2, -0.15) is 5.26 Å². The minimum atomic E-state index is -0.614. The molecular weight excluding hydrogens is 432 g/mol. The van der Waals surface area contributed by atoms with Crippen molar-refractivity contribution >= 4 is 16.9 Å². The minimum Gasteiger partial charge on any atom is -0.497 e. The Morgan fingerprint density at radius 1 is 1.06 bits per heavy atom. The molecule has 1 aliphatic heterocycles. The van der Waals surface area contributed by atoms with Gasteiger partial charge in [0, 0.05) is 22.6 Å². The van der Waals surface area contributed by atoms with Crippen LogP contribution in [0.1, 0.15) is 33.2 Å². The Labute approximate surface area is 195 Å². The Kier molecular flexibility index (Phi) is 5.19.